The number of allylic oxidation sites excluding steroid dienone is 2. The standard InChI is InChI=1S/C38H50O6/c1-20-17-25(33(41)42)24-13-15-36(4)26(31(24)21(20)2)11-12-29-35(3)19-28(40)32-38(6,30(35)14-16-37(29,36)5)27(34(43)44-32)18-22-7-9-23(39)10-8-22/h7-11,18,20-21,24-25,28-32,39-40H,12-17,19H2,1-6H3,(H,41,42)/b27-18+/t20-,21+,24?,25-,28-,29?,30?,31-,32-,35?,36-,37-,38+/m1/s1. The van der Waals surface area contributed by atoms with Crippen molar-refractivity contribution >= 4 is 18.0 Å². The normalized spacial score (nSPS) is 50.3. The summed E-state index contributed by atoms with van der Waals surface area (Å²) in [6.45, 7) is 14.1. The lowest BCUT2D eigenvalue weighted by Gasteiger charge is -2.71. The molecule has 1 aromatic rings. The molecule has 5 fully saturated rings. The van der Waals surface area contributed by atoms with Crippen LogP contribution in [-0.4, -0.2) is 39.5 Å². The number of hydrogen-bond acceptors (Lipinski definition) is 5. The maximum Gasteiger partial charge on any atom is 0.335 e. The van der Waals surface area contributed by atoms with Gasteiger partial charge < -0.3 is 20.1 Å². The average molecular weight is 603 g/mol. The van der Waals surface area contributed by atoms with Crippen molar-refractivity contribution in [1.29, 1.82) is 0 Å². The van der Waals surface area contributed by atoms with Crippen LogP contribution in [0.4, 0.5) is 0 Å². The number of aliphatic carboxylic acids is 1. The molecule has 1 aliphatic heterocycles. The Bertz CT molecular complexity index is 1440. The number of ether oxygens (including phenoxy) is 1. The number of rotatable bonds is 2. The third-order valence-electron chi connectivity index (χ3n) is 15.1. The van der Waals surface area contributed by atoms with E-state index in [9.17, 15) is 24.9 Å². The summed E-state index contributed by atoms with van der Waals surface area (Å²) in [6.07, 6.45) is 9.39. The number of carbonyl (C=O) groups is 2. The molecule has 7 rings (SSSR count). The van der Waals surface area contributed by atoms with Crippen LogP contribution in [0.15, 0.2) is 41.5 Å². The van der Waals surface area contributed by atoms with Gasteiger partial charge in [0.2, 0.25) is 0 Å². The van der Waals surface area contributed by atoms with Crippen molar-refractivity contribution in [2.75, 3.05) is 0 Å². The molecule has 0 spiro atoms. The average Bonchev–Trinajstić information content (AvgIpc) is 3.21. The summed E-state index contributed by atoms with van der Waals surface area (Å²) >= 11 is 0. The topological polar surface area (TPSA) is 104 Å². The summed E-state index contributed by atoms with van der Waals surface area (Å²) < 4.78 is 5.99. The van der Waals surface area contributed by atoms with Crippen molar-refractivity contribution in [2.24, 2.45) is 63.1 Å². The maximum absolute atomic E-state index is 13.5. The lowest BCUT2D eigenvalue weighted by atomic mass is 9.33. The highest BCUT2D eigenvalue weighted by Gasteiger charge is 2.72. The van der Waals surface area contributed by atoms with Crippen molar-refractivity contribution in [2.45, 2.75) is 98.7 Å². The van der Waals surface area contributed by atoms with Gasteiger partial charge in [-0.25, -0.2) is 4.79 Å². The number of aromatic hydroxyl groups is 1. The Morgan fingerprint density at radius 1 is 1.02 bits per heavy atom. The molecular weight excluding hydrogens is 552 g/mol. The van der Waals surface area contributed by atoms with E-state index in [-0.39, 0.29) is 45.7 Å². The van der Waals surface area contributed by atoms with Crippen LogP contribution in [0.1, 0.15) is 92.1 Å². The van der Waals surface area contributed by atoms with Gasteiger partial charge in [-0.2, -0.15) is 0 Å². The van der Waals surface area contributed by atoms with Gasteiger partial charge >= 0.3 is 11.9 Å². The summed E-state index contributed by atoms with van der Waals surface area (Å²) in [7, 11) is 0. The van der Waals surface area contributed by atoms with Crippen LogP contribution in [0.25, 0.3) is 6.08 Å². The molecule has 13 atom stereocenters. The van der Waals surface area contributed by atoms with Gasteiger partial charge in [-0.05, 0) is 120 Å². The number of aliphatic hydroxyl groups excluding tert-OH is 1. The zero-order chi connectivity index (χ0) is 31.6. The highest BCUT2D eigenvalue weighted by molar-refractivity contribution is 5.98. The fourth-order valence-electron chi connectivity index (χ4n) is 12.6. The van der Waals surface area contributed by atoms with E-state index >= 15 is 0 Å². The second-order valence-corrected chi connectivity index (χ2v) is 16.6. The molecular formula is C38H50O6. The first-order valence-corrected chi connectivity index (χ1v) is 17.0. The second-order valence-electron chi connectivity index (χ2n) is 16.6. The first-order chi connectivity index (χ1) is 20.7. The number of benzene rings is 1. The van der Waals surface area contributed by atoms with E-state index < -0.39 is 23.6 Å². The number of esters is 1. The van der Waals surface area contributed by atoms with E-state index in [0.717, 1.165) is 44.1 Å². The molecule has 5 aliphatic carbocycles. The third kappa shape index (κ3) is 3.75. The maximum atomic E-state index is 13.5. The first kappa shape index (κ1) is 30.1. The Morgan fingerprint density at radius 3 is 2.41 bits per heavy atom. The summed E-state index contributed by atoms with van der Waals surface area (Å²) in [4.78, 5) is 25.9. The van der Waals surface area contributed by atoms with Gasteiger partial charge in [-0.3, -0.25) is 4.79 Å². The summed E-state index contributed by atoms with van der Waals surface area (Å²) in [6, 6.07) is 6.89. The smallest absolute Gasteiger partial charge is 0.335 e. The monoisotopic (exact) mass is 602 g/mol. The number of phenolic OH excluding ortho intramolecular Hbond substituents is 1. The van der Waals surface area contributed by atoms with Crippen molar-refractivity contribution < 1.29 is 29.6 Å². The molecule has 3 N–H and O–H groups in total. The van der Waals surface area contributed by atoms with Crippen LogP contribution < -0.4 is 0 Å². The van der Waals surface area contributed by atoms with Crippen molar-refractivity contribution in [3.05, 3.63) is 47.1 Å². The van der Waals surface area contributed by atoms with E-state index in [1.54, 1.807) is 12.1 Å². The zero-order valence-electron chi connectivity index (χ0n) is 27.2. The van der Waals surface area contributed by atoms with E-state index in [1.807, 2.05) is 18.2 Å². The Balaban J connectivity index is 1.30. The molecule has 6 heteroatoms. The molecule has 238 valence electrons. The third-order valence-corrected chi connectivity index (χ3v) is 15.1. The van der Waals surface area contributed by atoms with Gasteiger partial charge in [0.1, 0.15) is 11.9 Å². The molecule has 0 amide bonds. The molecule has 0 bridgehead atoms. The Labute approximate surface area is 262 Å². The number of aliphatic hydroxyl groups is 1. The number of carbonyl (C=O) groups excluding carboxylic acids is 1. The van der Waals surface area contributed by atoms with Crippen molar-refractivity contribution in [3.8, 4) is 5.75 Å². The molecule has 6 aliphatic rings. The minimum Gasteiger partial charge on any atom is -0.508 e. The van der Waals surface area contributed by atoms with Gasteiger partial charge in [-0.1, -0.05) is 65.3 Å². The van der Waals surface area contributed by atoms with Crippen LogP contribution in [0, 0.1) is 63.1 Å². The van der Waals surface area contributed by atoms with Gasteiger partial charge in [0.05, 0.1) is 12.0 Å². The van der Waals surface area contributed by atoms with Crippen molar-refractivity contribution in [3.63, 3.8) is 0 Å². The summed E-state index contributed by atoms with van der Waals surface area (Å²) in [5, 5.41) is 31.8. The molecule has 4 unspecified atom stereocenters. The molecule has 0 radical (unpaired) electrons. The number of carboxylic acids is 1. The van der Waals surface area contributed by atoms with Crippen LogP contribution in [0.2, 0.25) is 0 Å². The number of phenols is 1. The Morgan fingerprint density at radius 2 is 1.73 bits per heavy atom. The van der Waals surface area contributed by atoms with E-state index in [4.69, 9.17) is 4.74 Å². The molecule has 6 nitrogen and oxygen atoms in total. The predicted octanol–water partition coefficient (Wildman–Crippen LogP) is 7.25. The van der Waals surface area contributed by atoms with Crippen LogP contribution >= 0.6 is 0 Å². The van der Waals surface area contributed by atoms with Crippen LogP contribution in [0.3, 0.4) is 0 Å². The Hall–Kier alpha value is -2.60. The fourth-order valence-corrected chi connectivity index (χ4v) is 12.6. The zero-order valence-corrected chi connectivity index (χ0v) is 27.2. The molecule has 1 saturated heterocycles. The predicted molar refractivity (Wildman–Crippen MR) is 168 cm³/mol. The molecule has 1 heterocycles. The largest absolute Gasteiger partial charge is 0.508 e. The lowest BCUT2D eigenvalue weighted by Crippen LogP contribution is -2.66. The molecule has 0 aromatic heterocycles. The van der Waals surface area contributed by atoms with Gasteiger partial charge in [0.25, 0.3) is 0 Å². The number of carboxylic acid groups (broad SMARTS) is 1. The van der Waals surface area contributed by atoms with Gasteiger partial charge in [0.15, 0.2) is 0 Å². The van der Waals surface area contributed by atoms with Gasteiger partial charge in [0, 0.05) is 11.0 Å². The Kier molecular flexibility index (Phi) is 6.63. The quantitative estimate of drug-likeness (QED) is 0.187. The molecule has 1 aromatic carbocycles. The van der Waals surface area contributed by atoms with E-state index in [1.165, 1.54) is 5.57 Å². The molecule has 4 saturated carbocycles. The first-order valence-electron chi connectivity index (χ1n) is 17.0. The summed E-state index contributed by atoms with van der Waals surface area (Å²) in [5.41, 5.74) is 2.12. The lowest BCUT2D eigenvalue weighted by molar-refractivity contribution is -0.217. The van der Waals surface area contributed by atoms with E-state index in [0.29, 0.717) is 35.7 Å². The highest BCUT2D eigenvalue weighted by atomic mass is 16.6. The second kappa shape index (κ2) is 9.70. The van der Waals surface area contributed by atoms with Gasteiger partial charge in [-0.15, -0.1) is 0 Å². The van der Waals surface area contributed by atoms with Crippen LogP contribution in [-0.2, 0) is 14.3 Å². The number of fused-ring (bicyclic) bond motifs is 9. The minimum atomic E-state index is -0.747. The molecule has 44 heavy (non-hydrogen) atoms. The highest BCUT2D eigenvalue weighted by Crippen LogP contribution is 2.76. The minimum absolute atomic E-state index is 0.000347. The number of hydrogen-bond donors (Lipinski definition) is 3. The SMILES string of the molecule is C[C@H]1[C@H](C)C[C@@H](C(=O)O)C2CC[C@]3(C)C(=CCC4C5(C)C[C@@H](O)[C@H]6OC(=O)/C(=C\c7ccc(O)cc7)[C@@]6(C)C5CC[C@]43C)[C@@H]21. The van der Waals surface area contributed by atoms with Crippen molar-refractivity contribution in [1.82, 2.24) is 0 Å². The van der Waals surface area contributed by atoms with Crippen LogP contribution in [0.5, 0.6) is 5.75 Å². The summed E-state index contributed by atoms with van der Waals surface area (Å²) in [5.74, 6) is 0.783. The van der Waals surface area contributed by atoms with E-state index in [2.05, 4.69) is 47.6 Å². The fraction of sp³-hybridized carbons (Fsp3) is 0.684.